The Morgan fingerprint density at radius 3 is 2.34 bits per heavy atom. The summed E-state index contributed by atoms with van der Waals surface area (Å²) < 4.78 is 80.4. The number of aromatic nitrogens is 1. The number of carbonyl (C=O) groups is 1. The van der Waals surface area contributed by atoms with Crippen LogP contribution in [0.5, 0.6) is 5.75 Å². The summed E-state index contributed by atoms with van der Waals surface area (Å²) in [7, 11) is 0. The number of piperazine rings is 1. The highest BCUT2D eigenvalue weighted by Gasteiger charge is 2.32. The van der Waals surface area contributed by atoms with Crippen LogP contribution in [0.1, 0.15) is 15.9 Å². The summed E-state index contributed by atoms with van der Waals surface area (Å²) in [6.45, 7) is 1.31. The number of thiazole rings is 1. The van der Waals surface area contributed by atoms with Gasteiger partial charge < -0.3 is 14.5 Å². The Kier molecular flexibility index (Phi) is 5.65. The van der Waals surface area contributed by atoms with Crippen LogP contribution < -0.4 is 9.64 Å². The second-order valence-corrected chi connectivity index (χ2v) is 8.04. The second-order valence-electron chi connectivity index (χ2n) is 7.03. The van der Waals surface area contributed by atoms with Gasteiger partial charge in [0.1, 0.15) is 5.75 Å². The fourth-order valence-corrected chi connectivity index (χ4v) is 4.38. The number of hydrogen-bond donors (Lipinski definition) is 0. The molecular formula is C20H15F6N3O2S. The summed E-state index contributed by atoms with van der Waals surface area (Å²) >= 11 is 1.19. The number of alkyl halides is 6. The van der Waals surface area contributed by atoms with Crippen LogP contribution in [0, 0.1) is 0 Å². The number of amides is 1. The van der Waals surface area contributed by atoms with Crippen molar-refractivity contribution in [2.75, 3.05) is 31.1 Å². The number of anilines is 1. The summed E-state index contributed by atoms with van der Waals surface area (Å²) in [6.07, 6.45) is -9.32. The van der Waals surface area contributed by atoms with Gasteiger partial charge in [0.05, 0.1) is 15.8 Å². The maximum absolute atomic E-state index is 12.9. The lowest BCUT2D eigenvalue weighted by molar-refractivity contribution is -0.274. The van der Waals surface area contributed by atoms with E-state index in [0.29, 0.717) is 28.4 Å². The number of halogens is 6. The van der Waals surface area contributed by atoms with Crippen molar-refractivity contribution >= 4 is 32.6 Å². The molecule has 0 N–H and O–H groups in total. The monoisotopic (exact) mass is 475 g/mol. The SMILES string of the molecule is O=C(c1cccc(C(F)(F)F)c1)N1CCN(c2nc3ccc(OC(F)(F)F)cc3s2)CC1. The van der Waals surface area contributed by atoms with E-state index in [0.717, 1.165) is 12.1 Å². The Morgan fingerprint density at radius 1 is 0.969 bits per heavy atom. The normalized spacial score (nSPS) is 15.3. The number of rotatable bonds is 3. The first kappa shape index (κ1) is 22.2. The summed E-state index contributed by atoms with van der Waals surface area (Å²) in [5.74, 6) is -0.828. The lowest BCUT2D eigenvalue weighted by Gasteiger charge is -2.34. The molecule has 1 aliphatic heterocycles. The minimum Gasteiger partial charge on any atom is -0.406 e. The average molecular weight is 475 g/mol. The van der Waals surface area contributed by atoms with Crippen molar-refractivity contribution in [3.8, 4) is 5.75 Å². The molecule has 1 saturated heterocycles. The summed E-state index contributed by atoms with van der Waals surface area (Å²) in [6, 6.07) is 8.17. The lowest BCUT2D eigenvalue weighted by atomic mass is 10.1. The van der Waals surface area contributed by atoms with E-state index in [-0.39, 0.29) is 24.4 Å². The van der Waals surface area contributed by atoms with Gasteiger partial charge in [0, 0.05) is 37.8 Å². The number of benzene rings is 2. The highest BCUT2D eigenvalue weighted by molar-refractivity contribution is 7.22. The zero-order valence-electron chi connectivity index (χ0n) is 16.2. The van der Waals surface area contributed by atoms with Crippen molar-refractivity contribution < 1.29 is 35.9 Å². The van der Waals surface area contributed by atoms with Crippen molar-refractivity contribution in [1.82, 2.24) is 9.88 Å². The summed E-state index contributed by atoms with van der Waals surface area (Å²) in [5.41, 5.74) is -0.405. The Balaban J connectivity index is 1.43. The molecule has 1 amide bonds. The first-order chi connectivity index (χ1) is 15.0. The zero-order valence-corrected chi connectivity index (χ0v) is 17.0. The van der Waals surface area contributed by atoms with Crippen molar-refractivity contribution in [1.29, 1.82) is 0 Å². The molecule has 5 nitrogen and oxygen atoms in total. The van der Waals surface area contributed by atoms with Gasteiger partial charge in [-0.15, -0.1) is 13.2 Å². The van der Waals surface area contributed by atoms with Gasteiger partial charge in [0.2, 0.25) is 0 Å². The van der Waals surface area contributed by atoms with E-state index in [2.05, 4.69) is 9.72 Å². The minimum atomic E-state index is -4.79. The summed E-state index contributed by atoms with van der Waals surface area (Å²) in [5, 5.41) is 0.579. The third-order valence-electron chi connectivity index (χ3n) is 4.86. The fraction of sp³-hybridized carbons (Fsp3) is 0.300. The van der Waals surface area contributed by atoms with E-state index in [9.17, 15) is 31.1 Å². The molecule has 0 atom stereocenters. The fourth-order valence-electron chi connectivity index (χ4n) is 3.34. The maximum atomic E-state index is 12.9. The van der Waals surface area contributed by atoms with Crippen LogP contribution in [-0.4, -0.2) is 48.3 Å². The molecule has 0 unspecified atom stereocenters. The Bertz CT molecular complexity index is 1140. The molecule has 0 bridgehead atoms. The maximum Gasteiger partial charge on any atom is 0.573 e. The van der Waals surface area contributed by atoms with E-state index < -0.39 is 24.0 Å². The van der Waals surface area contributed by atoms with Gasteiger partial charge in [-0.3, -0.25) is 4.79 Å². The van der Waals surface area contributed by atoms with Gasteiger partial charge in [-0.2, -0.15) is 13.2 Å². The average Bonchev–Trinajstić information content (AvgIpc) is 3.15. The number of fused-ring (bicyclic) bond motifs is 1. The molecule has 0 saturated carbocycles. The van der Waals surface area contributed by atoms with Crippen molar-refractivity contribution in [3.63, 3.8) is 0 Å². The topological polar surface area (TPSA) is 45.7 Å². The molecule has 0 spiro atoms. The van der Waals surface area contributed by atoms with Crippen LogP contribution in [0.2, 0.25) is 0 Å². The highest BCUT2D eigenvalue weighted by Crippen LogP contribution is 2.34. The van der Waals surface area contributed by atoms with Crippen LogP contribution in [0.25, 0.3) is 10.2 Å². The van der Waals surface area contributed by atoms with Crippen LogP contribution in [0.4, 0.5) is 31.5 Å². The van der Waals surface area contributed by atoms with E-state index in [1.165, 1.54) is 46.6 Å². The van der Waals surface area contributed by atoms with Crippen molar-refractivity contribution in [3.05, 3.63) is 53.6 Å². The smallest absolute Gasteiger partial charge is 0.406 e. The number of carbonyl (C=O) groups excluding carboxylic acids is 1. The molecule has 12 heteroatoms. The molecule has 0 aliphatic carbocycles. The van der Waals surface area contributed by atoms with Crippen molar-refractivity contribution in [2.24, 2.45) is 0 Å². The first-order valence-electron chi connectivity index (χ1n) is 9.37. The molecule has 2 aromatic carbocycles. The number of ether oxygens (including phenoxy) is 1. The molecule has 32 heavy (non-hydrogen) atoms. The number of nitrogens with zero attached hydrogens (tertiary/aromatic N) is 3. The van der Waals surface area contributed by atoms with Gasteiger partial charge in [-0.1, -0.05) is 17.4 Å². The predicted octanol–water partition coefficient (Wildman–Crippen LogP) is 5.18. The quantitative estimate of drug-likeness (QED) is 0.490. The van der Waals surface area contributed by atoms with Gasteiger partial charge in [0.25, 0.3) is 5.91 Å². The zero-order chi connectivity index (χ0) is 23.1. The Hall–Kier alpha value is -3.02. The largest absolute Gasteiger partial charge is 0.573 e. The predicted molar refractivity (Wildman–Crippen MR) is 106 cm³/mol. The van der Waals surface area contributed by atoms with E-state index in [1.807, 2.05) is 4.90 Å². The Morgan fingerprint density at radius 2 is 1.69 bits per heavy atom. The van der Waals surface area contributed by atoms with Gasteiger partial charge in [-0.05, 0) is 30.3 Å². The minimum absolute atomic E-state index is 0.0366. The van der Waals surface area contributed by atoms with Gasteiger partial charge >= 0.3 is 12.5 Å². The third-order valence-corrected chi connectivity index (χ3v) is 5.94. The van der Waals surface area contributed by atoms with Crippen molar-refractivity contribution in [2.45, 2.75) is 12.5 Å². The molecule has 2 heterocycles. The van der Waals surface area contributed by atoms with Crippen LogP contribution in [-0.2, 0) is 6.18 Å². The van der Waals surface area contributed by atoms with E-state index in [1.54, 1.807) is 0 Å². The van der Waals surface area contributed by atoms with Crippen LogP contribution in [0.15, 0.2) is 42.5 Å². The molecular weight excluding hydrogens is 460 g/mol. The van der Waals surface area contributed by atoms with Gasteiger partial charge in [-0.25, -0.2) is 4.98 Å². The molecule has 3 aromatic rings. The molecule has 1 fully saturated rings. The molecule has 170 valence electrons. The number of hydrogen-bond acceptors (Lipinski definition) is 5. The van der Waals surface area contributed by atoms with Crippen LogP contribution in [0.3, 0.4) is 0 Å². The summed E-state index contributed by atoms with van der Waals surface area (Å²) in [4.78, 5) is 20.4. The van der Waals surface area contributed by atoms with E-state index >= 15 is 0 Å². The highest BCUT2D eigenvalue weighted by atomic mass is 32.1. The van der Waals surface area contributed by atoms with E-state index in [4.69, 9.17) is 0 Å². The molecule has 1 aliphatic rings. The van der Waals surface area contributed by atoms with Crippen LogP contribution >= 0.6 is 11.3 Å². The molecule has 4 rings (SSSR count). The Labute approximate surface area is 181 Å². The lowest BCUT2D eigenvalue weighted by Crippen LogP contribution is -2.48. The first-order valence-corrected chi connectivity index (χ1v) is 10.2. The standard InChI is InChI=1S/C20H15F6N3O2S/c21-19(22,23)13-3-1-2-12(10-13)17(30)28-6-8-29(9-7-28)18-27-15-5-4-14(11-16(15)32-18)31-20(24,25)26/h1-5,10-11H,6-9H2. The molecule has 1 aromatic heterocycles. The third kappa shape index (κ3) is 4.90. The second kappa shape index (κ2) is 8.15. The van der Waals surface area contributed by atoms with Gasteiger partial charge in [0.15, 0.2) is 5.13 Å². The molecule has 0 radical (unpaired) electrons.